The van der Waals surface area contributed by atoms with Crippen molar-refractivity contribution in [1.29, 1.82) is 0 Å². The maximum atomic E-state index is 12.9. The van der Waals surface area contributed by atoms with Crippen LogP contribution in [0.4, 0.5) is 4.39 Å². The van der Waals surface area contributed by atoms with Crippen molar-refractivity contribution >= 4 is 23.2 Å². The van der Waals surface area contributed by atoms with E-state index in [1.54, 1.807) is 18.2 Å². The zero-order valence-electron chi connectivity index (χ0n) is 10.9. The van der Waals surface area contributed by atoms with E-state index in [0.717, 1.165) is 6.20 Å². The molecule has 0 amide bonds. The summed E-state index contributed by atoms with van der Waals surface area (Å²) in [6.07, 6.45) is 1.72. The van der Waals surface area contributed by atoms with Gasteiger partial charge in [-0.05, 0) is 36.2 Å². The molecule has 0 saturated heterocycles. The SMILES string of the molecule is CCC(O)(Cc1c(Cl)cccc1Cl)c1ccc(F)cn1. The zero-order chi connectivity index (χ0) is 14.8. The van der Waals surface area contributed by atoms with Gasteiger partial charge in [0, 0.05) is 16.5 Å². The van der Waals surface area contributed by atoms with Crippen molar-refractivity contribution in [2.45, 2.75) is 25.4 Å². The summed E-state index contributed by atoms with van der Waals surface area (Å²) in [4.78, 5) is 3.97. The van der Waals surface area contributed by atoms with E-state index in [0.29, 0.717) is 27.7 Å². The average Bonchev–Trinajstić information content (AvgIpc) is 2.43. The first kappa shape index (κ1) is 15.2. The Morgan fingerprint density at radius 3 is 2.35 bits per heavy atom. The quantitative estimate of drug-likeness (QED) is 0.909. The van der Waals surface area contributed by atoms with Crippen LogP contribution in [0.15, 0.2) is 36.5 Å². The van der Waals surface area contributed by atoms with Gasteiger partial charge in [0.1, 0.15) is 11.4 Å². The Balaban J connectivity index is 2.39. The summed E-state index contributed by atoms with van der Waals surface area (Å²) in [6, 6.07) is 7.93. The lowest BCUT2D eigenvalue weighted by Gasteiger charge is -2.27. The zero-order valence-corrected chi connectivity index (χ0v) is 12.4. The van der Waals surface area contributed by atoms with Crippen molar-refractivity contribution in [3.63, 3.8) is 0 Å². The average molecular weight is 314 g/mol. The van der Waals surface area contributed by atoms with Crippen LogP contribution >= 0.6 is 23.2 Å². The van der Waals surface area contributed by atoms with Gasteiger partial charge in [0.25, 0.3) is 0 Å². The second-order valence-corrected chi connectivity index (χ2v) is 5.44. The van der Waals surface area contributed by atoms with Gasteiger partial charge in [-0.3, -0.25) is 4.98 Å². The molecule has 1 aromatic carbocycles. The van der Waals surface area contributed by atoms with Crippen LogP contribution in [0.25, 0.3) is 0 Å². The van der Waals surface area contributed by atoms with Gasteiger partial charge < -0.3 is 5.11 Å². The lowest BCUT2D eigenvalue weighted by atomic mass is 9.88. The van der Waals surface area contributed by atoms with E-state index in [1.807, 2.05) is 6.92 Å². The lowest BCUT2D eigenvalue weighted by molar-refractivity contribution is 0.0282. The van der Waals surface area contributed by atoms with E-state index in [2.05, 4.69) is 4.98 Å². The largest absolute Gasteiger partial charge is 0.383 e. The Bertz CT molecular complexity index is 583. The van der Waals surface area contributed by atoms with Crippen molar-refractivity contribution in [1.82, 2.24) is 4.98 Å². The van der Waals surface area contributed by atoms with Crippen LogP contribution in [0.1, 0.15) is 24.6 Å². The highest BCUT2D eigenvalue weighted by Gasteiger charge is 2.30. The molecule has 0 aliphatic carbocycles. The fourth-order valence-electron chi connectivity index (χ4n) is 2.04. The molecule has 1 atom stereocenters. The molecule has 1 heterocycles. The number of hydrogen-bond donors (Lipinski definition) is 1. The standard InChI is InChI=1S/C15H14Cl2FNO/c1-2-15(20,14-7-6-10(18)9-19-14)8-11-12(16)4-3-5-13(11)17/h3-7,9,20H,2,8H2,1H3. The number of pyridine rings is 1. The number of aliphatic hydroxyl groups is 1. The summed E-state index contributed by atoms with van der Waals surface area (Å²) in [5.41, 5.74) is -0.175. The van der Waals surface area contributed by atoms with Crippen LogP contribution < -0.4 is 0 Å². The van der Waals surface area contributed by atoms with E-state index in [1.165, 1.54) is 12.1 Å². The number of rotatable bonds is 4. The van der Waals surface area contributed by atoms with Crippen molar-refractivity contribution in [3.05, 3.63) is 63.6 Å². The van der Waals surface area contributed by atoms with Crippen molar-refractivity contribution in [3.8, 4) is 0 Å². The fourth-order valence-corrected chi connectivity index (χ4v) is 2.57. The van der Waals surface area contributed by atoms with Gasteiger partial charge in [-0.15, -0.1) is 0 Å². The van der Waals surface area contributed by atoms with E-state index in [4.69, 9.17) is 23.2 Å². The summed E-state index contributed by atoms with van der Waals surface area (Å²) in [5, 5.41) is 11.8. The normalized spacial score (nSPS) is 14.1. The summed E-state index contributed by atoms with van der Waals surface area (Å²) in [6.45, 7) is 1.83. The van der Waals surface area contributed by atoms with Crippen molar-refractivity contribution in [2.75, 3.05) is 0 Å². The summed E-state index contributed by atoms with van der Waals surface area (Å²) in [7, 11) is 0. The first-order valence-corrected chi connectivity index (χ1v) is 6.99. The molecule has 0 radical (unpaired) electrons. The van der Waals surface area contributed by atoms with E-state index >= 15 is 0 Å². The number of halogens is 3. The van der Waals surface area contributed by atoms with Crippen LogP contribution in [-0.2, 0) is 12.0 Å². The molecule has 2 rings (SSSR count). The minimum Gasteiger partial charge on any atom is -0.383 e. The molecule has 0 fully saturated rings. The smallest absolute Gasteiger partial charge is 0.141 e. The lowest BCUT2D eigenvalue weighted by Crippen LogP contribution is -2.29. The summed E-state index contributed by atoms with van der Waals surface area (Å²) >= 11 is 12.3. The van der Waals surface area contributed by atoms with Crippen LogP contribution in [0.3, 0.4) is 0 Å². The first-order chi connectivity index (χ1) is 9.46. The molecule has 20 heavy (non-hydrogen) atoms. The van der Waals surface area contributed by atoms with Crippen LogP contribution in [-0.4, -0.2) is 10.1 Å². The van der Waals surface area contributed by atoms with Crippen LogP contribution in [0.2, 0.25) is 10.0 Å². The molecule has 0 aliphatic heterocycles. The predicted octanol–water partition coefficient (Wildman–Crippen LogP) is 4.37. The maximum absolute atomic E-state index is 12.9. The van der Waals surface area contributed by atoms with Gasteiger partial charge in [0.05, 0.1) is 11.9 Å². The summed E-state index contributed by atoms with van der Waals surface area (Å²) in [5.74, 6) is -0.442. The molecule has 0 aliphatic rings. The number of nitrogens with zero attached hydrogens (tertiary/aromatic N) is 1. The molecule has 0 saturated carbocycles. The Kier molecular flexibility index (Phi) is 4.63. The molecular formula is C15H14Cl2FNO. The van der Waals surface area contributed by atoms with Crippen molar-refractivity contribution < 1.29 is 9.50 Å². The van der Waals surface area contributed by atoms with Crippen LogP contribution in [0, 0.1) is 5.82 Å². The van der Waals surface area contributed by atoms with Gasteiger partial charge in [0.15, 0.2) is 0 Å². The number of hydrogen-bond acceptors (Lipinski definition) is 2. The number of benzene rings is 1. The van der Waals surface area contributed by atoms with E-state index in [-0.39, 0.29) is 6.42 Å². The molecule has 0 spiro atoms. The fraction of sp³-hybridized carbons (Fsp3) is 0.267. The Morgan fingerprint density at radius 2 is 1.85 bits per heavy atom. The minimum absolute atomic E-state index is 0.223. The first-order valence-electron chi connectivity index (χ1n) is 6.23. The van der Waals surface area contributed by atoms with Gasteiger partial charge in [0.2, 0.25) is 0 Å². The highest BCUT2D eigenvalue weighted by molar-refractivity contribution is 6.36. The van der Waals surface area contributed by atoms with Gasteiger partial charge >= 0.3 is 0 Å². The molecule has 5 heteroatoms. The second-order valence-electron chi connectivity index (χ2n) is 4.62. The third kappa shape index (κ3) is 3.11. The van der Waals surface area contributed by atoms with Gasteiger partial charge in [-0.25, -0.2) is 4.39 Å². The van der Waals surface area contributed by atoms with E-state index in [9.17, 15) is 9.50 Å². The Labute approximate surface area is 127 Å². The Hall–Kier alpha value is -1.16. The Morgan fingerprint density at radius 1 is 1.20 bits per heavy atom. The summed E-state index contributed by atoms with van der Waals surface area (Å²) < 4.78 is 12.9. The predicted molar refractivity (Wildman–Crippen MR) is 78.5 cm³/mol. The third-order valence-electron chi connectivity index (χ3n) is 3.32. The minimum atomic E-state index is -1.23. The molecule has 1 N–H and O–H groups in total. The molecule has 1 unspecified atom stereocenters. The highest BCUT2D eigenvalue weighted by Crippen LogP contribution is 2.34. The molecule has 2 aromatic rings. The second kappa shape index (κ2) is 6.08. The van der Waals surface area contributed by atoms with Crippen LogP contribution in [0.5, 0.6) is 0 Å². The van der Waals surface area contributed by atoms with Crippen molar-refractivity contribution in [2.24, 2.45) is 0 Å². The topological polar surface area (TPSA) is 33.1 Å². The van der Waals surface area contributed by atoms with E-state index < -0.39 is 11.4 Å². The van der Waals surface area contributed by atoms with Gasteiger partial charge in [-0.1, -0.05) is 36.2 Å². The monoisotopic (exact) mass is 313 g/mol. The third-order valence-corrected chi connectivity index (χ3v) is 4.03. The molecule has 1 aromatic heterocycles. The highest BCUT2D eigenvalue weighted by atomic mass is 35.5. The molecular weight excluding hydrogens is 300 g/mol. The number of aromatic nitrogens is 1. The maximum Gasteiger partial charge on any atom is 0.141 e. The molecule has 0 bridgehead atoms. The molecule has 106 valence electrons. The van der Waals surface area contributed by atoms with Gasteiger partial charge in [-0.2, -0.15) is 0 Å². The molecule has 2 nitrogen and oxygen atoms in total.